The number of phenolic OH excluding ortho intramolecular Hbond substituents is 1. The quantitative estimate of drug-likeness (QED) is 0.540. The number of rotatable bonds is 2. The fourth-order valence-corrected chi connectivity index (χ4v) is 3.45. The Morgan fingerprint density at radius 1 is 0.923 bits per heavy atom. The summed E-state index contributed by atoms with van der Waals surface area (Å²) in [5.41, 5.74) is 10.9. The lowest BCUT2D eigenvalue weighted by Crippen LogP contribution is -2.30. The molecule has 0 aromatic heterocycles. The fraction of sp³-hybridized carbons (Fsp3) is 0.136. The second-order valence-electron chi connectivity index (χ2n) is 6.54. The molecule has 3 aromatic rings. The van der Waals surface area contributed by atoms with E-state index in [1.54, 1.807) is 17.0 Å². The molecule has 4 nitrogen and oxygen atoms in total. The first-order valence-electron chi connectivity index (χ1n) is 8.72. The Balaban J connectivity index is 1.71. The van der Waals surface area contributed by atoms with E-state index in [0.29, 0.717) is 12.2 Å². The van der Waals surface area contributed by atoms with Crippen LogP contribution in [0, 0.1) is 0 Å². The van der Waals surface area contributed by atoms with Gasteiger partial charge < -0.3 is 15.7 Å². The predicted molar refractivity (Wildman–Crippen MR) is 104 cm³/mol. The summed E-state index contributed by atoms with van der Waals surface area (Å²) in [5, 5.41) is 9.63. The number of hydrogen-bond acceptors (Lipinski definition) is 3. The number of carbonyl (C=O) groups is 1. The molecule has 1 aliphatic heterocycles. The smallest absolute Gasteiger partial charge is 0.258 e. The number of carbonyl (C=O) groups excluding carboxylic acids is 1. The van der Waals surface area contributed by atoms with Gasteiger partial charge in [0.25, 0.3) is 5.91 Å². The molecule has 26 heavy (non-hydrogen) atoms. The number of hydrogen-bond donors (Lipinski definition) is 2. The van der Waals surface area contributed by atoms with Gasteiger partial charge >= 0.3 is 0 Å². The molecule has 1 aliphatic rings. The highest BCUT2D eigenvalue weighted by Gasteiger charge is 2.24. The number of fused-ring (bicyclic) bond motifs is 1. The topological polar surface area (TPSA) is 66.6 Å². The molecule has 0 atom stereocenters. The van der Waals surface area contributed by atoms with Gasteiger partial charge in [0.15, 0.2) is 0 Å². The molecular formula is C22H20N2O2. The lowest BCUT2D eigenvalue weighted by Gasteiger charge is -2.21. The van der Waals surface area contributed by atoms with Crippen LogP contribution in [0.3, 0.4) is 0 Å². The fourth-order valence-electron chi connectivity index (χ4n) is 3.45. The summed E-state index contributed by atoms with van der Waals surface area (Å²) in [7, 11) is 0. The standard InChI is InChI=1S/C22H20N2O2/c23-20-14-18(9-11-21(20)25)24-12-4-7-17-13-16(8-10-19(17)22(24)26)15-5-2-1-3-6-15/h1-3,5-6,8-11,13-14,25H,4,7,12,23H2. The van der Waals surface area contributed by atoms with Crippen LogP contribution in [0.1, 0.15) is 22.3 Å². The summed E-state index contributed by atoms with van der Waals surface area (Å²) in [4.78, 5) is 14.8. The lowest BCUT2D eigenvalue weighted by molar-refractivity contribution is 0.0988. The van der Waals surface area contributed by atoms with Gasteiger partial charge in [-0.1, -0.05) is 42.5 Å². The van der Waals surface area contributed by atoms with Gasteiger partial charge in [-0.15, -0.1) is 0 Å². The van der Waals surface area contributed by atoms with Crippen LogP contribution in [0.25, 0.3) is 11.1 Å². The van der Waals surface area contributed by atoms with Gasteiger partial charge in [0.1, 0.15) is 5.75 Å². The lowest BCUT2D eigenvalue weighted by atomic mass is 9.97. The summed E-state index contributed by atoms with van der Waals surface area (Å²) >= 11 is 0. The van der Waals surface area contributed by atoms with E-state index in [1.807, 2.05) is 30.3 Å². The summed E-state index contributed by atoms with van der Waals surface area (Å²) in [6.07, 6.45) is 1.73. The zero-order valence-corrected chi connectivity index (χ0v) is 14.4. The third-order valence-corrected chi connectivity index (χ3v) is 4.84. The molecule has 4 rings (SSSR count). The molecule has 0 radical (unpaired) electrons. The molecule has 0 saturated heterocycles. The summed E-state index contributed by atoms with van der Waals surface area (Å²) in [6.45, 7) is 0.623. The van der Waals surface area contributed by atoms with Crippen LogP contribution in [0.15, 0.2) is 66.7 Å². The number of aryl methyl sites for hydroxylation is 1. The van der Waals surface area contributed by atoms with Crippen molar-refractivity contribution >= 4 is 17.3 Å². The van der Waals surface area contributed by atoms with E-state index in [1.165, 1.54) is 6.07 Å². The van der Waals surface area contributed by atoms with E-state index >= 15 is 0 Å². The number of anilines is 2. The second-order valence-corrected chi connectivity index (χ2v) is 6.54. The molecule has 0 fully saturated rings. The highest BCUT2D eigenvalue weighted by Crippen LogP contribution is 2.31. The van der Waals surface area contributed by atoms with Crippen molar-refractivity contribution in [3.05, 3.63) is 77.9 Å². The first kappa shape index (κ1) is 16.2. The largest absolute Gasteiger partial charge is 0.506 e. The first-order chi connectivity index (χ1) is 12.6. The van der Waals surface area contributed by atoms with Crippen molar-refractivity contribution < 1.29 is 9.90 Å². The molecular weight excluding hydrogens is 324 g/mol. The van der Waals surface area contributed by atoms with Gasteiger partial charge in [-0.05, 0) is 53.8 Å². The number of benzene rings is 3. The summed E-state index contributed by atoms with van der Waals surface area (Å²) < 4.78 is 0. The molecule has 3 aromatic carbocycles. The van der Waals surface area contributed by atoms with Crippen molar-refractivity contribution in [1.29, 1.82) is 0 Å². The van der Waals surface area contributed by atoms with Gasteiger partial charge in [0, 0.05) is 17.8 Å². The molecule has 0 aliphatic carbocycles. The molecule has 0 saturated carbocycles. The first-order valence-corrected chi connectivity index (χ1v) is 8.72. The molecule has 130 valence electrons. The second kappa shape index (κ2) is 6.56. The van der Waals surface area contributed by atoms with Crippen LogP contribution in [-0.2, 0) is 6.42 Å². The van der Waals surface area contributed by atoms with E-state index in [-0.39, 0.29) is 17.3 Å². The van der Waals surface area contributed by atoms with E-state index in [2.05, 4.69) is 18.2 Å². The van der Waals surface area contributed by atoms with Crippen molar-refractivity contribution in [3.8, 4) is 16.9 Å². The van der Waals surface area contributed by atoms with Crippen LogP contribution in [0.2, 0.25) is 0 Å². The molecule has 4 heteroatoms. The molecule has 0 unspecified atom stereocenters. The number of nitrogens with two attached hydrogens (primary N) is 1. The van der Waals surface area contributed by atoms with Gasteiger partial charge in [0.2, 0.25) is 0 Å². The van der Waals surface area contributed by atoms with E-state index < -0.39 is 0 Å². The summed E-state index contributed by atoms with van der Waals surface area (Å²) in [5.74, 6) is 0.00567. The van der Waals surface area contributed by atoms with Gasteiger partial charge in [-0.3, -0.25) is 4.79 Å². The number of amides is 1. The minimum absolute atomic E-state index is 0.0257. The summed E-state index contributed by atoms with van der Waals surface area (Å²) in [6, 6.07) is 21.1. The average Bonchev–Trinajstić information content (AvgIpc) is 2.83. The predicted octanol–water partition coefficient (Wildman–Crippen LogP) is 4.23. The maximum Gasteiger partial charge on any atom is 0.258 e. The van der Waals surface area contributed by atoms with E-state index in [0.717, 1.165) is 35.1 Å². The maximum absolute atomic E-state index is 13.1. The number of phenols is 1. The SMILES string of the molecule is Nc1cc(N2CCCc3cc(-c4ccccc4)ccc3C2=O)ccc1O. The number of nitrogens with zero attached hydrogens (tertiary/aromatic N) is 1. The molecule has 0 spiro atoms. The molecule has 3 N–H and O–H groups in total. The zero-order chi connectivity index (χ0) is 18.1. The van der Waals surface area contributed by atoms with Crippen LogP contribution < -0.4 is 10.6 Å². The van der Waals surface area contributed by atoms with Crippen molar-refractivity contribution in [2.24, 2.45) is 0 Å². The minimum Gasteiger partial charge on any atom is -0.506 e. The Morgan fingerprint density at radius 3 is 2.50 bits per heavy atom. The van der Waals surface area contributed by atoms with Crippen LogP contribution >= 0.6 is 0 Å². The average molecular weight is 344 g/mol. The highest BCUT2D eigenvalue weighted by molar-refractivity contribution is 6.08. The minimum atomic E-state index is -0.0257. The monoisotopic (exact) mass is 344 g/mol. The van der Waals surface area contributed by atoms with Crippen LogP contribution in [0.5, 0.6) is 5.75 Å². The number of nitrogen functional groups attached to an aromatic ring is 1. The Bertz CT molecular complexity index is 967. The normalized spacial score (nSPS) is 14.0. The maximum atomic E-state index is 13.1. The van der Waals surface area contributed by atoms with E-state index in [4.69, 9.17) is 5.73 Å². The Hall–Kier alpha value is -3.27. The zero-order valence-electron chi connectivity index (χ0n) is 14.4. The van der Waals surface area contributed by atoms with Crippen molar-refractivity contribution in [2.75, 3.05) is 17.2 Å². The van der Waals surface area contributed by atoms with Crippen molar-refractivity contribution in [3.63, 3.8) is 0 Å². The molecule has 0 bridgehead atoms. The third kappa shape index (κ3) is 2.90. The van der Waals surface area contributed by atoms with Gasteiger partial charge in [-0.2, -0.15) is 0 Å². The molecule has 1 amide bonds. The van der Waals surface area contributed by atoms with Crippen molar-refractivity contribution in [2.45, 2.75) is 12.8 Å². The Labute approximate surface area is 152 Å². The van der Waals surface area contributed by atoms with Crippen LogP contribution in [-0.4, -0.2) is 17.6 Å². The van der Waals surface area contributed by atoms with Gasteiger partial charge in [-0.25, -0.2) is 0 Å². The number of aromatic hydroxyl groups is 1. The Kier molecular flexibility index (Phi) is 4.09. The van der Waals surface area contributed by atoms with E-state index in [9.17, 15) is 9.90 Å². The van der Waals surface area contributed by atoms with Crippen molar-refractivity contribution in [1.82, 2.24) is 0 Å². The highest BCUT2D eigenvalue weighted by atomic mass is 16.3. The van der Waals surface area contributed by atoms with Gasteiger partial charge in [0.05, 0.1) is 5.69 Å². The van der Waals surface area contributed by atoms with Crippen LogP contribution in [0.4, 0.5) is 11.4 Å². The molecule has 1 heterocycles. The Morgan fingerprint density at radius 2 is 1.73 bits per heavy atom. The third-order valence-electron chi connectivity index (χ3n) is 4.84.